The number of hydrogen-bond donors (Lipinski definition) is 0. The van der Waals surface area contributed by atoms with Gasteiger partial charge in [0.1, 0.15) is 0 Å². The summed E-state index contributed by atoms with van der Waals surface area (Å²) in [5.74, 6) is -0.833. The summed E-state index contributed by atoms with van der Waals surface area (Å²) >= 11 is 0. The van der Waals surface area contributed by atoms with E-state index in [9.17, 15) is 9.59 Å². The number of carbonyl (C=O) groups is 2. The number of esters is 2. The van der Waals surface area contributed by atoms with Gasteiger partial charge in [-0.1, -0.05) is 63.3 Å². The van der Waals surface area contributed by atoms with Gasteiger partial charge in [-0.15, -0.1) is 0 Å². The zero-order valence-corrected chi connectivity index (χ0v) is 17.5. The Morgan fingerprint density at radius 3 is 1.88 bits per heavy atom. The van der Waals surface area contributed by atoms with Crippen LogP contribution in [0.1, 0.15) is 105 Å². The fourth-order valence-corrected chi connectivity index (χ4v) is 2.39. The van der Waals surface area contributed by atoms with Crippen LogP contribution < -0.4 is 0 Å². The summed E-state index contributed by atoms with van der Waals surface area (Å²) in [5, 5.41) is 0. The van der Waals surface area contributed by atoms with Crippen molar-refractivity contribution in [2.75, 3.05) is 0 Å². The van der Waals surface area contributed by atoms with Crippen LogP contribution in [0, 0.1) is 5.41 Å². The van der Waals surface area contributed by atoms with Crippen LogP contribution >= 0.6 is 0 Å². The Kier molecular flexibility index (Phi) is 15.0. The monoisotopic (exact) mass is 364 g/mol. The van der Waals surface area contributed by atoms with Crippen molar-refractivity contribution in [3.8, 4) is 0 Å². The first kappa shape index (κ1) is 24.6. The molecule has 0 heterocycles. The molecule has 0 fully saturated rings. The van der Waals surface area contributed by atoms with Gasteiger partial charge in [0, 0.05) is 6.42 Å². The smallest absolute Gasteiger partial charge is 0.318 e. The number of carbonyl (C=O) groups excluding carboxylic acids is 2. The molecule has 0 radical (unpaired) electrons. The minimum absolute atomic E-state index is 0.340. The number of rotatable bonds is 14. The maximum absolute atomic E-state index is 11.6. The van der Waals surface area contributed by atoms with E-state index in [1.165, 1.54) is 38.5 Å². The molecule has 0 aliphatic rings. The largest absolute Gasteiger partial charge is 0.393 e. The molecule has 0 rings (SSSR count). The van der Waals surface area contributed by atoms with Gasteiger partial charge in [-0.05, 0) is 59.3 Å². The molecule has 26 heavy (non-hydrogen) atoms. The summed E-state index contributed by atoms with van der Waals surface area (Å²) in [7, 11) is 0. The lowest BCUT2D eigenvalue weighted by Crippen LogP contribution is -2.25. The van der Waals surface area contributed by atoms with Crippen LogP contribution in [0.25, 0.3) is 0 Å². The van der Waals surface area contributed by atoms with Crippen molar-refractivity contribution in [3.05, 3.63) is 24.3 Å². The third kappa shape index (κ3) is 16.1. The Labute approximate surface area is 161 Å². The van der Waals surface area contributed by atoms with E-state index in [1.807, 2.05) is 0 Å². The average Bonchev–Trinajstić information content (AvgIpc) is 2.57. The molecule has 0 saturated carbocycles. The zero-order valence-electron chi connectivity index (χ0n) is 17.5. The summed E-state index contributed by atoms with van der Waals surface area (Å²) in [6, 6.07) is 0. The standard InChI is InChI=1S/C23H40O3/c1-5-6-7-8-9-10-11-12-13-14-15-16-17-18-19-20-21(24)26-22(25)23(2,3)4/h9-10,12-13H,5-8,11,14-20H2,1-4H3/b10-9+,13-12+. The van der Waals surface area contributed by atoms with Gasteiger partial charge in [-0.3, -0.25) is 9.59 Å². The lowest BCUT2D eigenvalue weighted by atomic mass is 9.97. The van der Waals surface area contributed by atoms with E-state index in [2.05, 4.69) is 31.2 Å². The topological polar surface area (TPSA) is 43.4 Å². The van der Waals surface area contributed by atoms with Crippen LogP contribution in [-0.4, -0.2) is 11.9 Å². The number of allylic oxidation sites excluding steroid dienone is 4. The second kappa shape index (κ2) is 15.8. The maximum atomic E-state index is 11.6. The quantitative estimate of drug-likeness (QED) is 0.145. The highest BCUT2D eigenvalue weighted by Crippen LogP contribution is 2.16. The van der Waals surface area contributed by atoms with Crippen LogP contribution in [0.4, 0.5) is 0 Å². The highest BCUT2D eigenvalue weighted by atomic mass is 16.6. The molecule has 0 unspecified atom stereocenters. The van der Waals surface area contributed by atoms with Crippen LogP contribution in [0.2, 0.25) is 0 Å². The molecule has 150 valence electrons. The van der Waals surface area contributed by atoms with Crippen molar-refractivity contribution >= 4 is 11.9 Å². The number of hydrogen-bond acceptors (Lipinski definition) is 3. The van der Waals surface area contributed by atoms with E-state index >= 15 is 0 Å². The molecular weight excluding hydrogens is 324 g/mol. The van der Waals surface area contributed by atoms with Gasteiger partial charge in [0.05, 0.1) is 5.41 Å². The summed E-state index contributed by atoms with van der Waals surface area (Å²) in [4.78, 5) is 23.2. The first-order chi connectivity index (χ1) is 12.4. The molecule has 0 N–H and O–H groups in total. The Hall–Kier alpha value is -1.38. The molecule has 0 amide bonds. The van der Waals surface area contributed by atoms with E-state index in [-0.39, 0.29) is 0 Å². The molecule has 0 aromatic rings. The SMILES string of the molecule is CCCCC/C=C/C/C=C/CCCCCCCC(=O)OC(=O)C(C)(C)C. The first-order valence-electron chi connectivity index (χ1n) is 10.4. The van der Waals surface area contributed by atoms with E-state index in [4.69, 9.17) is 4.74 Å². The van der Waals surface area contributed by atoms with Crippen LogP contribution in [0.3, 0.4) is 0 Å². The lowest BCUT2D eigenvalue weighted by molar-refractivity contribution is -0.165. The van der Waals surface area contributed by atoms with Gasteiger partial charge in [0.25, 0.3) is 0 Å². The Bertz CT molecular complexity index is 427. The fraction of sp³-hybridized carbons (Fsp3) is 0.739. The maximum Gasteiger partial charge on any atom is 0.318 e. The predicted molar refractivity (Wildman–Crippen MR) is 110 cm³/mol. The highest BCUT2D eigenvalue weighted by Gasteiger charge is 2.25. The molecule has 3 heteroatoms. The van der Waals surface area contributed by atoms with E-state index < -0.39 is 17.4 Å². The predicted octanol–water partition coefficient (Wildman–Crippen LogP) is 6.92. The Balaban J connectivity index is 3.44. The molecule has 0 aromatic heterocycles. The fourth-order valence-electron chi connectivity index (χ4n) is 2.39. The van der Waals surface area contributed by atoms with Gasteiger partial charge in [-0.2, -0.15) is 0 Å². The van der Waals surface area contributed by atoms with Crippen molar-refractivity contribution in [2.24, 2.45) is 5.41 Å². The van der Waals surface area contributed by atoms with Crippen molar-refractivity contribution in [3.63, 3.8) is 0 Å². The molecule has 0 aliphatic heterocycles. The second-order valence-corrected chi connectivity index (χ2v) is 7.99. The zero-order chi connectivity index (χ0) is 19.7. The molecule has 0 bridgehead atoms. The number of ether oxygens (including phenoxy) is 1. The average molecular weight is 365 g/mol. The minimum Gasteiger partial charge on any atom is -0.393 e. The van der Waals surface area contributed by atoms with Crippen molar-refractivity contribution < 1.29 is 14.3 Å². The molecule has 0 spiro atoms. The Morgan fingerprint density at radius 2 is 1.31 bits per heavy atom. The van der Waals surface area contributed by atoms with Crippen molar-refractivity contribution in [2.45, 2.75) is 105 Å². The molecule has 0 aliphatic carbocycles. The summed E-state index contributed by atoms with van der Waals surface area (Å²) in [5.41, 5.74) is -0.617. The highest BCUT2D eigenvalue weighted by molar-refractivity contribution is 5.88. The summed E-state index contributed by atoms with van der Waals surface area (Å²) in [6.45, 7) is 7.49. The molecular formula is C23H40O3. The minimum atomic E-state index is -0.617. The molecule has 0 aromatic carbocycles. The lowest BCUT2D eigenvalue weighted by Gasteiger charge is -2.15. The van der Waals surface area contributed by atoms with E-state index in [0.717, 1.165) is 32.1 Å². The third-order valence-corrected chi connectivity index (χ3v) is 4.15. The second-order valence-electron chi connectivity index (χ2n) is 7.99. The normalized spacial score (nSPS) is 12.2. The van der Waals surface area contributed by atoms with Crippen molar-refractivity contribution in [1.29, 1.82) is 0 Å². The molecule has 0 saturated heterocycles. The van der Waals surface area contributed by atoms with Crippen molar-refractivity contribution in [1.82, 2.24) is 0 Å². The van der Waals surface area contributed by atoms with Gasteiger partial charge in [-0.25, -0.2) is 0 Å². The van der Waals surface area contributed by atoms with Gasteiger partial charge in [0.2, 0.25) is 0 Å². The number of unbranched alkanes of at least 4 members (excludes halogenated alkanes) is 8. The van der Waals surface area contributed by atoms with Crippen LogP contribution in [-0.2, 0) is 14.3 Å². The molecule has 3 nitrogen and oxygen atoms in total. The summed E-state index contributed by atoms with van der Waals surface area (Å²) < 4.78 is 4.84. The van der Waals surface area contributed by atoms with Gasteiger partial charge >= 0.3 is 11.9 Å². The van der Waals surface area contributed by atoms with Gasteiger partial charge < -0.3 is 4.74 Å². The Morgan fingerprint density at radius 1 is 0.769 bits per heavy atom. The van der Waals surface area contributed by atoms with Gasteiger partial charge in [0.15, 0.2) is 0 Å². The first-order valence-corrected chi connectivity index (χ1v) is 10.4. The van der Waals surface area contributed by atoms with E-state index in [0.29, 0.717) is 6.42 Å². The van der Waals surface area contributed by atoms with Crippen LogP contribution in [0.15, 0.2) is 24.3 Å². The van der Waals surface area contributed by atoms with Crippen LogP contribution in [0.5, 0.6) is 0 Å². The van der Waals surface area contributed by atoms with E-state index in [1.54, 1.807) is 20.8 Å². The third-order valence-electron chi connectivity index (χ3n) is 4.15. The molecule has 0 atom stereocenters. The summed E-state index contributed by atoms with van der Waals surface area (Å²) in [6.07, 6.45) is 22.0.